The molecule has 0 aliphatic rings. The van der Waals surface area contributed by atoms with Crippen LogP contribution in [0.4, 0.5) is 14.5 Å². The lowest BCUT2D eigenvalue weighted by Crippen LogP contribution is -2.12. The van der Waals surface area contributed by atoms with Crippen LogP contribution in [0.5, 0.6) is 17.2 Å². The lowest BCUT2D eigenvalue weighted by Gasteiger charge is -2.17. The minimum absolute atomic E-state index is 0.136. The van der Waals surface area contributed by atoms with Crippen LogP contribution in [0.3, 0.4) is 0 Å². The standard InChI is InChI=1S/C34H28F2N2O5/c1-2-41-21-24-16-33(39)37-19-29(24)28-18-26(13-15-31(28)43-32-14-12-25(35)17-30(32)36)38-34(40)23-10-8-22(9-11-23)20-42-27-6-4-3-5-7-27/h3-19H,2,20-21H2,1H3,(H,37,39)(H,38,40). The molecule has 0 radical (unpaired) electrons. The summed E-state index contributed by atoms with van der Waals surface area (Å²) in [6, 6.07) is 25.7. The number of carbonyl (C=O) groups excluding carboxylic acids is 1. The molecule has 0 aliphatic heterocycles. The van der Waals surface area contributed by atoms with Gasteiger partial charge in [-0.2, -0.15) is 0 Å². The summed E-state index contributed by atoms with van der Waals surface area (Å²) < 4.78 is 45.1. The Morgan fingerprint density at radius 3 is 2.35 bits per heavy atom. The summed E-state index contributed by atoms with van der Waals surface area (Å²) in [5.41, 5.74) is 2.98. The summed E-state index contributed by atoms with van der Waals surface area (Å²) in [5.74, 6) is -1.18. The number of para-hydroxylation sites is 1. The highest BCUT2D eigenvalue weighted by Crippen LogP contribution is 2.38. The third-order valence-corrected chi connectivity index (χ3v) is 6.48. The van der Waals surface area contributed by atoms with E-state index in [1.54, 1.807) is 30.3 Å². The van der Waals surface area contributed by atoms with Crippen LogP contribution in [0.25, 0.3) is 11.1 Å². The normalized spacial score (nSPS) is 10.8. The minimum Gasteiger partial charge on any atom is -0.489 e. The van der Waals surface area contributed by atoms with E-state index in [4.69, 9.17) is 14.2 Å². The maximum Gasteiger partial charge on any atom is 0.255 e. The molecule has 2 N–H and O–H groups in total. The fourth-order valence-electron chi connectivity index (χ4n) is 4.32. The maximum absolute atomic E-state index is 14.5. The van der Waals surface area contributed by atoms with Crippen molar-refractivity contribution in [2.45, 2.75) is 20.1 Å². The Kier molecular flexibility index (Phi) is 9.23. The van der Waals surface area contributed by atoms with Crippen LogP contribution >= 0.6 is 0 Å². The van der Waals surface area contributed by atoms with Gasteiger partial charge in [0.1, 0.15) is 23.9 Å². The molecule has 1 aromatic heterocycles. The third kappa shape index (κ3) is 7.52. The second kappa shape index (κ2) is 13.6. The van der Waals surface area contributed by atoms with Gasteiger partial charge in [0.2, 0.25) is 5.56 Å². The quantitative estimate of drug-likeness (QED) is 0.169. The van der Waals surface area contributed by atoms with Crippen LogP contribution in [-0.2, 0) is 18.0 Å². The SMILES string of the molecule is CCOCc1cc(=O)[nH]cc1-c1cc(NC(=O)c2ccc(COc3ccccc3)cc2)ccc1Oc1ccc(F)cc1F. The van der Waals surface area contributed by atoms with Crippen LogP contribution < -0.4 is 20.3 Å². The van der Waals surface area contributed by atoms with Crippen molar-refractivity contribution in [2.24, 2.45) is 0 Å². The fraction of sp³-hybridized carbons (Fsp3) is 0.118. The molecule has 0 atom stereocenters. The monoisotopic (exact) mass is 582 g/mol. The molecule has 7 nitrogen and oxygen atoms in total. The highest BCUT2D eigenvalue weighted by atomic mass is 19.1. The summed E-state index contributed by atoms with van der Waals surface area (Å²) >= 11 is 0. The summed E-state index contributed by atoms with van der Waals surface area (Å²) in [4.78, 5) is 27.9. The molecule has 1 heterocycles. The van der Waals surface area contributed by atoms with E-state index in [9.17, 15) is 18.4 Å². The van der Waals surface area contributed by atoms with E-state index in [-0.39, 0.29) is 29.6 Å². The van der Waals surface area contributed by atoms with Crippen molar-refractivity contribution in [3.63, 3.8) is 0 Å². The van der Waals surface area contributed by atoms with Gasteiger partial charge in [-0.15, -0.1) is 0 Å². The number of hydrogen-bond acceptors (Lipinski definition) is 5. The first-order valence-corrected chi connectivity index (χ1v) is 13.5. The second-order valence-electron chi connectivity index (χ2n) is 9.51. The number of H-pyrrole nitrogens is 1. The van der Waals surface area contributed by atoms with Gasteiger partial charge in [0.05, 0.1) is 6.61 Å². The molecule has 0 saturated carbocycles. The second-order valence-corrected chi connectivity index (χ2v) is 9.51. The molecular weight excluding hydrogens is 554 g/mol. The lowest BCUT2D eigenvalue weighted by atomic mass is 10.0. The molecule has 0 saturated heterocycles. The van der Waals surface area contributed by atoms with Crippen molar-refractivity contribution in [2.75, 3.05) is 11.9 Å². The molecule has 5 aromatic rings. The Morgan fingerprint density at radius 2 is 1.60 bits per heavy atom. The molecule has 0 bridgehead atoms. The first-order valence-electron chi connectivity index (χ1n) is 13.5. The molecule has 43 heavy (non-hydrogen) atoms. The van der Waals surface area contributed by atoms with Gasteiger partial charge >= 0.3 is 0 Å². The highest BCUT2D eigenvalue weighted by Gasteiger charge is 2.17. The predicted molar refractivity (Wildman–Crippen MR) is 159 cm³/mol. The molecule has 0 aliphatic carbocycles. The van der Waals surface area contributed by atoms with E-state index in [0.717, 1.165) is 23.4 Å². The summed E-state index contributed by atoms with van der Waals surface area (Å²) in [5, 5.41) is 2.88. The van der Waals surface area contributed by atoms with Gasteiger partial charge in [-0.05, 0) is 72.6 Å². The van der Waals surface area contributed by atoms with Gasteiger partial charge in [-0.25, -0.2) is 8.78 Å². The van der Waals surface area contributed by atoms with Gasteiger partial charge in [0, 0.05) is 47.3 Å². The number of hydrogen-bond donors (Lipinski definition) is 2. The van der Waals surface area contributed by atoms with Crippen molar-refractivity contribution >= 4 is 11.6 Å². The molecular formula is C34H28F2N2O5. The molecule has 1 amide bonds. The van der Waals surface area contributed by atoms with Gasteiger partial charge in [0.15, 0.2) is 11.6 Å². The molecule has 0 fully saturated rings. The van der Waals surface area contributed by atoms with Crippen molar-refractivity contribution in [1.29, 1.82) is 0 Å². The van der Waals surface area contributed by atoms with Crippen LogP contribution in [0.1, 0.15) is 28.4 Å². The average molecular weight is 583 g/mol. The van der Waals surface area contributed by atoms with Gasteiger partial charge in [0.25, 0.3) is 5.91 Å². The Labute approximate surface area is 246 Å². The number of amides is 1. The van der Waals surface area contributed by atoms with Crippen molar-refractivity contribution in [1.82, 2.24) is 4.98 Å². The van der Waals surface area contributed by atoms with E-state index in [2.05, 4.69) is 10.3 Å². The summed E-state index contributed by atoms with van der Waals surface area (Å²) in [6.07, 6.45) is 1.50. The Hall–Kier alpha value is -5.28. The van der Waals surface area contributed by atoms with Gasteiger partial charge < -0.3 is 24.5 Å². The number of aromatic nitrogens is 1. The van der Waals surface area contributed by atoms with Crippen LogP contribution in [0.15, 0.2) is 108 Å². The van der Waals surface area contributed by atoms with Crippen LogP contribution in [0, 0.1) is 11.6 Å². The number of anilines is 1. The van der Waals surface area contributed by atoms with Crippen LogP contribution in [0.2, 0.25) is 0 Å². The van der Waals surface area contributed by atoms with E-state index in [0.29, 0.717) is 41.2 Å². The van der Waals surface area contributed by atoms with Crippen molar-refractivity contribution in [3.05, 3.63) is 142 Å². The molecule has 9 heteroatoms. The zero-order valence-corrected chi connectivity index (χ0v) is 23.2. The van der Waals surface area contributed by atoms with Crippen molar-refractivity contribution in [3.8, 4) is 28.4 Å². The minimum atomic E-state index is -0.878. The van der Waals surface area contributed by atoms with E-state index >= 15 is 0 Å². The Morgan fingerprint density at radius 1 is 0.837 bits per heavy atom. The smallest absolute Gasteiger partial charge is 0.255 e. The summed E-state index contributed by atoms with van der Waals surface area (Å²) in [6.45, 7) is 2.74. The first-order chi connectivity index (χ1) is 20.9. The fourth-order valence-corrected chi connectivity index (χ4v) is 4.32. The van der Waals surface area contributed by atoms with Crippen LogP contribution in [-0.4, -0.2) is 17.5 Å². The summed E-state index contributed by atoms with van der Waals surface area (Å²) in [7, 11) is 0. The van der Waals surface area contributed by atoms with Gasteiger partial charge in [-0.1, -0.05) is 30.3 Å². The predicted octanol–water partition coefficient (Wildman–Crippen LogP) is 7.48. The largest absolute Gasteiger partial charge is 0.489 e. The average Bonchev–Trinajstić information content (AvgIpc) is 3.02. The number of benzene rings is 4. The molecule has 5 rings (SSSR count). The number of pyridine rings is 1. The number of rotatable bonds is 11. The zero-order chi connectivity index (χ0) is 30.2. The topological polar surface area (TPSA) is 89.7 Å². The third-order valence-electron chi connectivity index (χ3n) is 6.48. The molecule has 0 spiro atoms. The molecule has 0 unspecified atom stereocenters. The molecule has 4 aromatic carbocycles. The van der Waals surface area contributed by atoms with E-state index in [1.165, 1.54) is 18.3 Å². The number of halogens is 2. The zero-order valence-electron chi connectivity index (χ0n) is 23.2. The number of ether oxygens (including phenoxy) is 3. The maximum atomic E-state index is 14.5. The van der Waals surface area contributed by atoms with Crippen molar-refractivity contribution < 1.29 is 27.8 Å². The van der Waals surface area contributed by atoms with E-state index in [1.807, 2.05) is 49.4 Å². The highest BCUT2D eigenvalue weighted by molar-refractivity contribution is 6.04. The van der Waals surface area contributed by atoms with Gasteiger partial charge in [-0.3, -0.25) is 9.59 Å². The first kappa shape index (κ1) is 29.2. The number of nitrogens with one attached hydrogen (secondary N) is 2. The van der Waals surface area contributed by atoms with E-state index < -0.39 is 11.6 Å². The Bertz CT molecular complexity index is 1770. The number of carbonyl (C=O) groups is 1. The number of aromatic amines is 1. The Balaban J connectivity index is 1.41. The molecule has 218 valence electrons. The lowest BCUT2D eigenvalue weighted by molar-refractivity contribution is 0.102.